The summed E-state index contributed by atoms with van der Waals surface area (Å²) in [6, 6.07) is 14.4. The van der Waals surface area contributed by atoms with E-state index >= 15 is 0 Å². The molecule has 0 spiro atoms. The van der Waals surface area contributed by atoms with E-state index in [1.807, 2.05) is 48.5 Å². The molecule has 1 aliphatic rings. The van der Waals surface area contributed by atoms with Crippen LogP contribution in [0.1, 0.15) is 31.1 Å². The van der Waals surface area contributed by atoms with Crippen LogP contribution in [0.4, 0.5) is 0 Å². The SMILES string of the molecule is CCc1ccc(-c2noc(CC(=O)OCC3CC(O)C(N=O)CC3N)c2-c2ccc(OC)cc2)cc1. The van der Waals surface area contributed by atoms with Gasteiger partial charge in [0.2, 0.25) is 0 Å². The lowest BCUT2D eigenvalue weighted by molar-refractivity contribution is -0.145. The van der Waals surface area contributed by atoms with E-state index in [9.17, 15) is 14.8 Å². The van der Waals surface area contributed by atoms with Crippen molar-refractivity contribution in [1.82, 2.24) is 5.16 Å². The molecule has 1 aliphatic carbocycles. The van der Waals surface area contributed by atoms with E-state index in [1.54, 1.807) is 7.11 Å². The van der Waals surface area contributed by atoms with Crippen LogP contribution in [0.2, 0.25) is 0 Å². The number of nitrogens with zero attached hydrogens (tertiary/aromatic N) is 2. The Morgan fingerprint density at radius 3 is 2.47 bits per heavy atom. The van der Waals surface area contributed by atoms with E-state index in [1.165, 1.54) is 5.56 Å². The van der Waals surface area contributed by atoms with E-state index in [0.29, 0.717) is 22.8 Å². The first kappa shape index (κ1) is 25.5. The molecule has 2 aromatic carbocycles. The highest BCUT2D eigenvalue weighted by Gasteiger charge is 2.36. The molecule has 0 amide bonds. The van der Waals surface area contributed by atoms with Crippen molar-refractivity contribution < 1.29 is 23.9 Å². The number of methoxy groups -OCH3 is 1. The highest BCUT2D eigenvalue weighted by Crippen LogP contribution is 2.36. The molecule has 3 aromatic rings. The normalized spacial score (nSPS) is 21.7. The van der Waals surface area contributed by atoms with Crippen LogP contribution in [0.25, 0.3) is 22.4 Å². The second-order valence-corrected chi connectivity index (χ2v) is 9.10. The molecule has 0 saturated heterocycles. The van der Waals surface area contributed by atoms with Crippen molar-refractivity contribution in [1.29, 1.82) is 0 Å². The summed E-state index contributed by atoms with van der Waals surface area (Å²) in [4.78, 5) is 23.6. The van der Waals surface area contributed by atoms with Crippen molar-refractivity contribution in [3.8, 4) is 28.1 Å². The van der Waals surface area contributed by atoms with E-state index in [0.717, 1.165) is 17.5 Å². The Labute approximate surface area is 209 Å². The molecule has 0 bridgehead atoms. The molecule has 9 nitrogen and oxygen atoms in total. The Balaban J connectivity index is 1.54. The van der Waals surface area contributed by atoms with Gasteiger partial charge in [0.1, 0.15) is 23.9 Å². The minimum Gasteiger partial charge on any atom is -0.497 e. The minimum atomic E-state index is -0.886. The number of hydrogen-bond acceptors (Lipinski definition) is 9. The average molecular weight is 494 g/mol. The molecule has 4 atom stereocenters. The number of aliphatic hydroxyl groups excluding tert-OH is 1. The summed E-state index contributed by atoms with van der Waals surface area (Å²) in [7, 11) is 1.60. The molecule has 190 valence electrons. The van der Waals surface area contributed by atoms with E-state index in [-0.39, 0.29) is 37.8 Å². The molecule has 1 fully saturated rings. The van der Waals surface area contributed by atoms with Gasteiger partial charge in [0.15, 0.2) is 5.76 Å². The predicted octanol–water partition coefficient (Wildman–Crippen LogP) is 3.90. The number of aryl methyl sites for hydroxylation is 1. The number of aliphatic hydroxyl groups is 1. The minimum absolute atomic E-state index is 0.0416. The van der Waals surface area contributed by atoms with Crippen LogP contribution >= 0.6 is 0 Å². The predicted molar refractivity (Wildman–Crippen MR) is 134 cm³/mol. The van der Waals surface area contributed by atoms with Crippen molar-refractivity contribution in [3.05, 3.63) is 64.8 Å². The average Bonchev–Trinajstić information content (AvgIpc) is 3.32. The van der Waals surface area contributed by atoms with Crippen LogP contribution in [0.15, 0.2) is 58.2 Å². The van der Waals surface area contributed by atoms with E-state index in [2.05, 4.69) is 17.3 Å². The van der Waals surface area contributed by atoms with Gasteiger partial charge in [-0.05, 0) is 42.5 Å². The van der Waals surface area contributed by atoms with Gasteiger partial charge in [-0.3, -0.25) is 4.79 Å². The summed E-state index contributed by atoms with van der Waals surface area (Å²) in [5.41, 5.74) is 10.4. The molecule has 1 heterocycles. The molecule has 9 heteroatoms. The lowest BCUT2D eigenvalue weighted by Gasteiger charge is -2.33. The lowest BCUT2D eigenvalue weighted by atomic mass is 9.81. The maximum atomic E-state index is 12.8. The largest absolute Gasteiger partial charge is 0.497 e. The smallest absolute Gasteiger partial charge is 0.313 e. The van der Waals surface area contributed by atoms with Crippen molar-refractivity contribution >= 4 is 5.97 Å². The number of benzene rings is 2. The van der Waals surface area contributed by atoms with Gasteiger partial charge < -0.3 is 24.8 Å². The van der Waals surface area contributed by atoms with Crippen LogP contribution in [0.3, 0.4) is 0 Å². The molecule has 1 saturated carbocycles. The second-order valence-electron chi connectivity index (χ2n) is 9.10. The Morgan fingerprint density at radius 2 is 1.83 bits per heavy atom. The van der Waals surface area contributed by atoms with E-state index in [4.69, 9.17) is 19.7 Å². The third-order valence-electron chi connectivity index (χ3n) is 6.78. The Morgan fingerprint density at radius 1 is 1.14 bits per heavy atom. The zero-order chi connectivity index (χ0) is 25.7. The highest BCUT2D eigenvalue weighted by molar-refractivity contribution is 5.85. The fourth-order valence-corrected chi connectivity index (χ4v) is 4.55. The van der Waals surface area contributed by atoms with Crippen LogP contribution in [0, 0.1) is 10.8 Å². The number of rotatable bonds is 9. The van der Waals surface area contributed by atoms with Gasteiger partial charge in [-0.1, -0.05) is 53.7 Å². The van der Waals surface area contributed by atoms with Gasteiger partial charge in [0.25, 0.3) is 0 Å². The summed E-state index contributed by atoms with van der Waals surface area (Å²) in [5.74, 6) is 0.345. The zero-order valence-corrected chi connectivity index (χ0v) is 20.4. The Hall–Kier alpha value is -3.56. The molecule has 4 unspecified atom stereocenters. The number of esters is 1. The molecular formula is C27H31N3O6. The summed E-state index contributed by atoms with van der Waals surface area (Å²) >= 11 is 0. The molecule has 0 aliphatic heterocycles. The Bertz CT molecular complexity index is 1180. The number of nitroso groups, excluding NO2 is 1. The number of carbonyl (C=O) groups is 1. The van der Waals surface area contributed by atoms with Crippen LogP contribution in [0.5, 0.6) is 5.75 Å². The number of nitrogens with two attached hydrogens (primary N) is 1. The maximum Gasteiger partial charge on any atom is 0.313 e. The quantitative estimate of drug-likeness (QED) is 0.338. The van der Waals surface area contributed by atoms with Crippen molar-refractivity contribution in [2.24, 2.45) is 16.8 Å². The molecule has 4 rings (SSSR count). The molecule has 36 heavy (non-hydrogen) atoms. The highest BCUT2D eigenvalue weighted by atomic mass is 16.5. The summed E-state index contributed by atoms with van der Waals surface area (Å²) in [5, 5.41) is 17.3. The van der Waals surface area contributed by atoms with Crippen LogP contribution in [-0.4, -0.2) is 48.1 Å². The van der Waals surface area contributed by atoms with E-state index < -0.39 is 18.1 Å². The van der Waals surface area contributed by atoms with Crippen molar-refractivity contribution in [2.45, 2.75) is 50.8 Å². The van der Waals surface area contributed by atoms with Gasteiger partial charge in [-0.25, -0.2) is 0 Å². The van der Waals surface area contributed by atoms with Gasteiger partial charge in [0.05, 0.1) is 25.4 Å². The number of aromatic nitrogens is 1. The fraction of sp³-hybridized carbons (Fsp3) is 0.407. The second kappa shape index (κ2) is 11.5. The van der Waals surface area contributed by atoms with Crippen LogP contribution < -0.4 is 10.5 Å². The van der Waals surface area contributed by atoms with Crippen molar-refractivity contribution in [2.75, 3.05) is 13.7 Å². The topological polar surface area (TPSA) is 137 Å². The Kier molecular flexibility index (Phi) is 8.12. The summed E-state index contributed by atoms with van der Waals surface area (Å²) in [6.45, 7) is 2.13. The first-order valence-corrected chi connectivity index (χ1v) is 12.1. The third kappa shape index (κ3) is 5.63. The summed E-state index contributed by atoms with van der Waals surface area (Å²) in [6.07, 6.45) is 0.433. The van der Waals surface area contributed by atoms with Gasteiger partial charge >= 0.3 is 5.97 Å². The summed E-state index contributed by atoms with van der Waals surface area (Å²) < 4.78 is 16.4. The van der Waals surface area contributed by atoms with Gasteiger partial charge in [-0.2, -0.15) is 4.91 Å². The molecule has 1 aromatic heterocycles. The van der Waals surface area contributed by atoms with Gasteiger partial charge in [-0.15, -0.1) is 0 Å². The van der Waals surface area contributed by atoms with Gasteiger partial charge in [0, 0.05) is 17.5 Å². The molecule has 3 N–H and O–H groups in total. The maximum absolute atomic E-state index is 12.8. The first-order chi connectivity index (χ1) is 17.4. The zero-order valence-electron chi connectivity index (χ0n) is 20.4. The molecule has 0 radical (unpaired) electrons. The number of ether oxygens (including phenoxy) is 2. The van der Waals surface area contributed by atoms with Crippen molar-refractivity contribution in [3.63, 3.8) is 0 Å². The third-order valence-corrected chi connectivity index (χ3v) is 6.78. The monoisotopic (exact) mass is 493 g/mol. The fourth-order valence-electron chi connectivity index (χ4n) is 4.55. The lowest BCUT2D eigenvalue weighted by Crippen LogP contribution is -2.47. The number of hydrogen-bond donors (Lipinski definition) is 2. The molecular weight excluding hydrogens is 462 g/mol. The standard InChI is InChI=1S/C27H31N3O6/c1-3-16-4-6-18(7-5-16)27-26(17-8-10-20(34-2)11-9-17)24(36-30-27)14-25(32)35-15-19-12-23(31)22(29-33)13-21(19)28/h4-11,19,21-23,31H,3,12-15,28H2,1-2H3. The number of carbonyl (C=O) groups excluding carboxylic acids is 1. The first-order valence-electron chi connectivity index (χ1n) is 12.1. The van der Waals surface area contributed by atoms with Crippen LogP contribution in [-0.2, 0) is 22.4 Å².